The van der Waals surface area contributed by atoms with Crippen LogP contribution in [0.15, 0.2) is 12.1 Å². The van der Waals surface area contributed by atoms with E-state index < -0.39 is 0 Å². The molecule has 2 aromatic heterocycles. The van der Waals surface area contributed by atoms with Gasteiger partial charge >= 0.3 is 0 Å². The summed E-state index contributed by atoms with van der Waals surface area (Å²) in [7, 11) is 2.09. The lowest BCUT2D eigenvalue weighted by Crippen LogP contribution is -2.37. The van der Waals surface area contributed by atoms with Crippen molar-refractivity contribution in [2.45, 2.75) is 32.2 Å². The molecule has 2 aromatic rings. The molecule has 1 unspecified atom stereocenters. The van der Waals surface area contributed by atoms with Crippen LogP contribution in [-0.2, 0) is 4.74 Å². The number of aromatic nitrogens is 3. The van der Waals surface area contributed by atoms with Crippen molar-refractivity contribution < 1.29 is 4.74 Å². The molecule has 136 valence electrons. The Morgan fingerprint density at radius 3 is 2.84 bits per heavy atom. The van der Waals surface area contributed by atoms with E-state index in [0.717, 1.165) is 68.8 Å². The van der Waals surface area contributed by atoms with Gasteiger partial charge in [0.25, 0.3) is 0 Å². The number of piperidine rings is 1. The molecule has 0 aliphatic carbocycles. The summed E-state index contributed by atoms with van der Waals surface area (Å²) in [5.41, 5.74) is 2.04. The van der Waals surface area contributed by atoms with E-state index in [9.17, 15) is 0 Å². The van der Waals surface area contributed by atoms with Crippen LogP contribution in [0.25, 0.3) is 5.65 Å². The molecule has 0 amide bonds. The average molecular weight is 344 g/mol. The van der Waals surface area contributed by atoms with Crippen molar-refractivity contribution in [3.8, 4) is 0 Å². The second-order valence-corrected chi connectivity index (χ2v) is 6.93. The minimum atomic E-state index is 0.348. The van der Waals surface area contributed by atoms with E-state index in [2.05, 4.69) is 41.2 Å². The van der Waals surface area contributed by atoms with Gasteiger partial charge in [-0.2, -0.15) is 9.61 Å². The van der Waals surface area contributed by atoms with E-state index in [1.807, 2.05) is 4.52 Å². The Morgan fingerprint density at radius 1 is 1.28 bits per heavy atom. The van der Waals surface area contributed by atoms with Crippen LogP contribution in [-0.4, -0.2) is 61.0 Å². The van der Waals surface area contributed by atoms with E-state index in [-0.39, 0.29) is 0 Å². The summed E-state index contributed by atoms with van der Waals surface area (Å²) >= 11 is 0. The molecule has 2 aliphatic rings. The SMILES string of the molecule is CCN(C)c1cc(N2CCOCC2)n2nc(C3CCCCN3)cc2n1. The molecule has 0 bridgehead atoms. The molecule has 0 aromatic carbocycles. The van der Waals surface area contributed by atoms with Crippen LogP contribution in [0.4, 0.5) is 11.6 Å². The highest BCUT2D eigenvalue weighted by atomic mass is 16.5. The Labute approximate surface area is 149 Å². The van der Waals surface area contributed by atoms with Crippen LogP contribution in [0.1, 0.15) is 37.9 Å². The predicted octanol–water partition coefficient (Wildman–Crippen LogP) is 1.84. The molecule has 7 heteroatoms. The maximum absolute atomic E-state index is 5.53. The summed E-state index contributed by atoms with van der Waals surface area (Å²) in [6, 6.07) is 4.66. The number of nitrogens with zero attached hydrogens (tertiary/aromatic N) is 5. The molecular weight excluding hydrogens is 316 g/mol. The molecule has 25 heavy (non-hydrogen) atoms. The Morgan fingerprint density at radius 2 is 2.12 bits per heavy atom. The van der Waals surface area contributed by atoms with Gasteiger partial charge in [-0.15, -0.1) is 0 Å². The molecule has 0 saturated carbocycles. The van der Waals surface area contributed by atoms with Crippen molar-refractivity contribution >= 4 is 17.3 Å². The molecule has 0 spiro atoms. The Hall–Kier alpha value is -1.86. The number of anilines is 2. The van der Waals surface area contributed by atoms with Crippen LogP contribution in [0.2, 0.25) is 0 Å². The molecule has 4 rings (SSSR count). The van der Waals surface area contributed by atoms with E-state index in [1.165, 1.54) is 12.8 Å². The minimum Gasteiger partial charge on any atom is -0.378 e. The highest BCUT2D eigenvalue weighted by Crippen LogP contribution is 2.27. The zero-order chi connectivity index (χ0) is 17.2. The Bertz CT molecular complexity index is 718. The van der Waals surface area contributed by atoms with E-state index in [1.54, 1.807) is 0 Å². The average Bonchev–Trinajstić information content (AvgIpc) is 3.12. The fourth-order valence-corrected chi connectivity index (χ4v) is 3.61. The normalized spacial score (nSPS) is 21.7. The van der Waals surface area contributed by atoms with Crippen LogP contribution in [0, 0.1) is 0 Å². The quantitative estimate of drug-likeness (QED) is 0.913. The van der Waals surface area contributed by atoms with Crippen LogP contribution < -0.4 is 15.1 Å². The monoisotopic (exact) mass is 344 g/mol. The van der Waals surface area contributed by atoms with Crippen molar-refractivity contribution in [3.63, 3.8) is 0 Å². The summed E-state index contributed by atoms with van der Waals surface area (Å²) in [5, 5.41) is 8.52. The lowest BCUT2D eigenvalue weighted by atomic mass is 10.0. The van der Waals surface area contributed by atoms with Crippen molar-refractivity contribution in [1.29, 1.82) is 0 Å². The highest BCUT2D eigenvalue weighted by Gasteiger charge is 2.22. The molecule has 2 saturated heterocycles. The van der Waals surface area contributed by atoms with Crippen molar-refractivity contribution in [2.24, 2.45) is 0 Å². The third-order valence-electron chi connectivity index (χ3n) is 5.28. The Balaban J connectivity index is 1.77. The minimum absolute atomic E-state index is 0.348. The number of nitrogens with one attached hydrogen (secondary N) is 1. The lowest BCUT2D eigenvalue weighted by Gasteiger charge is -2.29. The van der Waals surface area contributed by atoms with Crippen LogP contribution in [0.5, 0.6) is 0 Å². The first kappa shape index (κ1) is 16.6. The number of hydrogen-bond acceptors (Lipinski definition) is 6. The fourth-order valence-electron chi connectivity index (χ4n) is 3.61. The first-order chi connectivity index (χ1) is 12.3. The van der Waals surface area contributed by atoms with Gasteiger partial charge in [-0.25, -0.2) is 4.98 Å². The summed E-state index contributed by atoms with van der Waals surface area (Å²) in [6.45, 7) is 7.47. The summed E-state index contributed by atoms with van der Waals surface area (Å²) in [5.74, 6) is 2.12. The van der Waals surface area contributed by atoms with Gasteiger partial charge in [0.2, 0.25) is 0 Å². The molecule has 4 heterocycles. The third kappa shape index (κ3) is 3.30. The second kappa shape index (κ2) is 7.17. The number of hydrogen-bond donors (Lipinski definition) is 1. The van der Waals surface area contributed by atoms with Gasteiger partial charge in [-0.05, 0) is 26.3 Å². The maximum Gasteiger partial charge on any atom is 0.160 e. The zero-order valence-corrected chi connectivity index (χ0v) is 15.2. The highest BCUT2D eigenvalue weighted by molar-refractivity contribution is 5.59. The van der Waals surface area contributed by atoms with Gasteiger partial charge in [-0.3, -0.25) is 0 Å². The molecule has 2 aliphatic heterocycles. The standard InChI is InChI=1S/C18H28N6O/c1-3-22(2)16-13-18(23-8-10-25-11-9-23)24-17(20-16)12-15(21-24)14-6-4-5-7-19-14/h12-14,19H,3-11H2,1-2H3. The molecule has 2 fully saturated rings. The number of rotatable bonds is 4. The van der Waals surface area contributed by atoms with Crippen molar-refractivity contribution in [3.05, 3.63) is 17.8 Å². The topological polar surface area (TPSA) is 57.9 Å². The smallest absolute Gasteiger partial charge is 0.160 e. The summed E-state index contributed by atoms with van der Waals surface area (Å²) in [4.78, 5) is 9.39. The van der Waals surface area contributed by atoms with Gasteiger partial charge in [-0.1, -0.05) is 6.42 Å². The van der Waals surface area contributed by atoms with E-state index in [0.29, 0.717) is 6.04 Å². The first-order valence-electron chi connectivity index (χ1n) is 9.44. The third-order valence-corrected chi connectivity index (χ3v) is 5.28. The molecule has 7 nitrogen and oxygen atoms in total. The number of fused-ring (bicyclic) bond motifs is 1. The zero-order valence-electron chi connectivity index (χ0n) is 15.2. The lowest BCUT2D eigenvalue weighted by molar-refractivity contribution is 0.122. The van der Waals surface area contributed by atoms with Gasteiger partial charge in [0.15, 0.2) is 5.65 Å². The largest absolute Gasteiger partial charge is 0.378 e. The molecule has 1 atom stereocenters. The molecule has 1 N–H and O–H groups in total. The number of morpholine rings is 1. The number of ether oxygens (including phenoxy) is 1. The van der Waals surface area contributed by atoms with E-state index >= 15 is 0 Å². The van der Waals surface area contributed by atoms with Gasteiger partial charge in [0.05, 0.1) is 24.9 Å². The van der Waals surface area contributed by atoms with E-state index in [4.69, 9.17) is 14.8 Å². The van der Waals surface area contributed by atoms with Crippen LogP contribution >= 0.6 is 0 Å². The first-order valence-corrected chi connectivity index (χ1v) is 9.44. The summed E-state index contributed by atoms with van der Waals surface area (Å²) in [6.07, 6.45) is 3.67. The van der Waals surface area contributed by atoms with Crippen LogP contribution in [0.3, 0.4) is 0 Å². The molecular formula is C18H28N6O. The molecule has 0 radical (unpaired) electrons. The van der Waals surface area contributed by atoms with Crippen molar-refractivity contribution in [1.82, 2.24) is 19.9 Å². The fraction of sp³-hybridized carbons (Fsp3) is 0.667. The second-order valence-electron chi connectivity index (χ2n) is 6.93. The predicted molar refractivity (Wildman–Crippen MR) is 99.6 cm³/mol. The van der Waals surface area contributed by atoms with Gasteiger partial charge in [0, 0.05) is 38.8 Å². The van der Waals surface area contributed by atoms with Crippen molar-refractivity contribution in [2.75, 3.05) is 56.2 Å². The van der Waals surface area contributed by atoms with Gasteiger partial charge in [0.1, 0.15) is 11.6 Å². The Kier molecular flexibility index (Phi) is 4.76. The van der Waals surface area contributed by atoms with Gasteiger partial charge < -0.3 is 19.9 Å². The maximum atomic E-state index is 5.53. The summed E-state index contributed by atoms with van der Waals surface area (Å²) < 4.78 is 7.54.